The van der Waals surface area contributed by atoms with Crippen LogP contribution in [0.25, 0.3) is 0 Å². The molecule has 0 aromatic heterocycles. The van der Waals surface area contributed by atoms with Crippen LogP contribution in [0.15, 0.2) is 42.5 Å². The fourth-order valence-corrected chi connectivity index (χ4v) is 3.29. The van der Waals surface area contributed by atoms with Crippen molar-refractivity contribution in [2.24, 2.45) is 0 Å². The molecular formula is C21H21N3O6. The number of carbonyl (C=O) groups is 3. The van der Waals surface area contributed by atoms with E-state index >= 15 is 0 Å². The molecule has 2 aromatic rings. The van der Waals surface area contributed by atoms with E-state index < -0.39 is 12.1 Å². The summed E-state index contributed by atoms with van der Waals surface area (Å²) >= 11 is 0. The van der Waals surface area contributed by atoms with Gasteiger partial charge in [-0.15, -0.1) is 0 Å². The minimum atomic E-state index is -0.721. The molecule has 4 rings (SSSR count). The molecule has 2 aliphatic heterocycles. The number of rotatable bonds is 6. The number of benzene rings is 2. The lowest BCUT2D eigenvalue weighted by Crippen LogP contribution is -2.45. The zero-order chi connectivity index (χ0) is 21.1. The van der Waals surface area contributed by atoms with E-state index in [9.17, 15) is 14.4 Å². The van der Waals surface area contributed by atoms with Crippen molar-refractivity contribution in [3.8, 4) is 11.5 Å². The van der Waals surface area contributed by atoms with Crippen molar-refractivity contribution >= 4 is 23.6 Å². The van der Waals surface area contributed by atoms with E-state index in [2.05, 4.69) is 10.6 Å². The Morgan fingerprint density at radius 3 is 2.53 bits per heavy atom. The van der Waals surface area contributed by atoms with Gasteiger partial charge >= 0.3 is 6.09 Å². The van der Waals surface area contributed by atoms with Crippen molar-refractivity contribution in [3.63, 3.8) is 0 Å². The average Bonchev–Trinajstić information content (AvgIpc) is 3.34. The highest BCUT2D eigenvalue weighted by molar-refractivity contribution is 5.89. The van der Waals surface area contributed by atoms with E-state index in [1.807, 2.05) is 12.1 Å². The monoisotopic (exact) mass is 411 g/mol. The number of anilines is 1. The molecule has 1 atom stereocenters. The molecule has 2 N–H and O–H groups in total. The van der Waals surface area contributed by atoms with Crippen LogP contribution in [0.4, 0.5) is 10.5 Å². The largest absolute Gasteiger partial charge is 0.454 e. The Morgan fingerprint density at radius 1 is 1.03 bits per heavy atom. The Labute approximate surface area is 172 Å². The summed E-state index contributed by atoms with van der Waals surface area (Å²) in [6, 6.07) is 11.8. The highest BCUT2D eigenvalue weighted by Crippen LogP contribution is 2.32. The van der Waals surface area contributed by atoms with Crippen LogP contribution >= 0.6 is 0 Å². The second-order valence-corrected chi connectivity index (χ2v) is 7.00. The predicted molar refractivity (Wildman–Crippen MR) is 106 cm³/mol. The summed E-state index contributed by atoms with van der Waals surface area (Å²) in [5, 5.41) is 5.53. The van der Waals surface area contributed by atoms with Crippen molar-refractivity contribution in [2.75, 3.05) is 18.7 Å². The molecule has 156 valence electrons. The zero-order valence-corrected chi connectivity index (χ0v) is 16.3. The van der Waals surface area contributed by atoms with Crippen LogP contribution in [0.2, 0.25) is 0 Å². The third-order valence-corrected chi connectivity index (χ3v) is 4.81. The number of amides is 3. The maximum Gasteiger partial charge on any atom is 0.410 e. The number of fused-ring (bicyclic) bond motifs is 1. The molecule has 0 saturated carbocycles. The van der Waals surface area contributed by atoms with Gasteiger partial charge in [-0.05, 0) is 35.4 Å². The molecule has 1 saturated heterocycles. The second-order valence-electron chi connectivity index (χ2n) is 7.00. The molecule has 0 bridgehead atoms. The van der Waals surface area contributed by atoms with Crippen molar-refractivity contribution < 1.29 is 28.6 Å². The third kappa shape index (κ3) is 4.29. The Kier molecular flexibility index (Phi) is 5.42. The summed E-state index contributed by atoms with van der Waals surface area (Å²) < 4.78 is 15.7. The summed E-state index contributed by atoms with van der Waals surface area (Å²) in [7, 11) is 0. The highest BCUT2D eigenvalue weighted by Gasteiger charge is 2.37. The van der Waals surface area contributed by atoms with Gasteiger partial charge in [0.1, 0.15) is 12.6 Å². The van der Waals surface area contributed by atoms with Crippen LogP contribution in [0.5, 0.6) is 11.5 Å². The molecule has 9 heteroatoms. The topological polar surface area (TPSA) is 106 Å². The van der Waals surface area contributed by atoms with E-state index in [1.165, 1.54) is 11.8 Å². The number of hydrogen-bond donors (Lipinski definition) is 2. The first-order valence-electron chi connectivity index (χ1n) is 9.46. The summed E-state index contributed by atoms with van der Waals surface area (Å²) in [4.78, 5) is 37.3. The fourth-order valence-electron chi connectivity index (χ4n) is 3.29. The van der Waals surface area contributed by atoms with Crippen molar-refractivity contribution in [3.05, 3.63) is 53.6 Å². The van der Waals surface area contributed by atoms with E-state index in [4.69, 9.17) is 14.2 Å². The standard InChI is InChI=1S/C21H21N3O6/c1-13(25)23-16-5-2-14(3-6-16)10-24-17(11-28-21(24)27)20(26)22-9-15-4-7-18-19(8-15)30-12-29-18/h2-8,17H,9-12H2,1H3,(H,22,26)(H,23,25)/t17-/m0/s1. The smallest absolute Gasteiger partial charge is 0.410 e. The number of carbonyl (C=O) groups excluding carboxylic acids is 3. The maximum atomic E-state index is 12.7. The Bertz CT molecular complexity index is 975. The summed E-state index contributed by atoms with van der Waals surface area (Å²) in [6.45, 7) is 2.13. The maximum absolute atomic E-state index is 12.7. The molecule has 9 nitrogen and oxygen atoms in total. The van der Waals surface area contributed by atoms with Gasteiger partial charge in [0.05, 0.1) is 6.54 Å². The number of hydrogen-bond acceptors (Lipinski definition) is 6. The third-order valence-electron chi connectivity index (χ3n) is 4.81. The minimum absolute atomic E-state index is 0.00419. The van der Waals surface area contributed by atoms with Gasteiger partial charge in [0.25, 0.3) is 0 Å². The van der Waals surface area contributed by atoms with E-state index in [0.29, 0.717) is 23.7 Å². The number of nitrogens with zero attached hydrogens (tertiary/aromatic N) is 1. The summed E-state index contributed by atoms with van der Waals surface area (Å²) in [5.41, 5.74) is 2.34. The van der Waals surface area contributed by atoms with Gasteiger partial charge in [0.2, 0.25) is 18.6 Å². The van der Waals surface area contributed by atoms with Crippen LogP contribution in [0, 0.1) is 0 Å². The zero-order valence-electron chi connectivity index (χ0n) is 16.3. The molecule has 3 amide bonds. The lowest BCUT2D eigenvalue weighted by molar-refractivity contribution is -0.125. The second kappa shape index (κ2) is 8.32. The SMILES string of the molecule is CC(=O)Nc1ccc(CN2C(=O)OC[C@H]2C(=O)NCc2ccc3c(c2)OCO3)cc1. The van der Waals surface area contributed by atoms with Gasteiger partial charge in [-0.25, -0.2) is 4.79 Å². The van der Waals surface area contributed by atoms with Crippen molar-refractivity contribution in [1.29, 1.82) is 0 Å². The van der Waals surface area contributed by atoms with Gasteiger partial charge in [0.15, 0.2) is 11.5 Å². The molecule has 1 fully saturated rings. The number of nitrogens with one attached hydrogen (secondary N) is 2. The minimum Gasteiger partial charge on any atom is -0.454 e. The summed E-state index contributed by atoms with van der Waals surface area (Å²) in [6.07, 6.45) is -0.538. The predicted octanol–water partition coefficient (Wildman–Crippen LogP) is 2.01. The van der Waals surface area contributed by atoms with Gasteiger partial charge in [-0.3, -0.25) is 14.5 Å². The van der Waals surface area contributed by atoms with E-state index in [1.54, 1.807) is 30.3 Å². The van der Waals surface area contributed by atoms with Crippen LogP contribution in [0.3, 0.4) is 0 Å². The molecule has 0 unspecified atom stereocenters. The van der Waals surface area contributed by atoms with Crippen LogP contribution in [-0.2, 0) is 27.4 Å². The van der Waals surface area contributed by atoms with Gasteiger partial charge < -0.3 is 24.8 Å². The molecule has 2 aromatic carbocycles. The van der Waals surface area contributed by atoms with Crippen molar-refractivity contribution in [1.82, 2.24) is 10.2 Å². The lowest BCUT2D eigenvalue weighted by Gasteiger charge is -2.21. The Hall–Kier alpha value is -3.75. The van der Waals surface area contributed by atoms with Crippen LogP contribution in [0.1, 0.15) is 18.1 Å². The summed E-state index contributed by atoms with van der Waals surface area (Å²) in [5.74, 6) is 0.861. The Morgan fingerprint density at radius 2 is 1.77 bits per heavy atom. The van der Waals surface area contributed by atoms with Gasteiger partial charge in [-0.1, -0.05) is 18.2 Å². The molecule has 0 radical (unpaired) electrons. The van der Waals surface area contributed by atoms with E-state index in [0.717, 1.165) is 11.1 Å². The first-order chi connectivity index (χ1) is 14.5. The van der Waals surface area contributed by atoms with Gasteiger partial charge in [-0.2, -0.15) is 0 Å². The van der Waals surface area contributed by atoms with Crippen LogP contribution < -0.4 is 20.1 Å². The molecule has 0 aliphatic carbocycles. The number of cyclic esters (lactones) is 1. The van der Waals surface area contributed by atoms with E-state index in [-0.39, 0.29) is 31.8 Å². The molecule has 2 aliphatic rings. The normalized spacial score (nSPS) is 16.9. The molecule has 30 heavy (non-hydrogen) atoms. The van der Waals surface area contributed by atoms with Crippen molar-refractivity contribution in [2.45, 2.75) is 26.1 Å². The van der Waals surface area contributed by atoms with Gasteiger partial charge in [0, 0.05) is 19.2 Å². The highest BCUT2D eigenvalue weighted by atomic mass is 16.7. The van der Waals surface area contributed by atoms with Crippen LogP contribution in [-0.4, -0.2) is 42.2 Å². The number of ether oxygens (including phenoxy) is 3. The molecular weight excluding hydrogens is 390 g/mol. The first kappa shape index (κ1) is 19.6. The Balaban J connectivity index is 1.37. The average molecular weight is 411 g/mol. The fraction of sp³-hybridized carbons (Fsp3) is 0.286. The lowest BCUT2D eigenvalue weighted by atomic mass is 10.1. The molecule has 0 spiro atoms. The quantitative estimate of drug-likeness (QED) is 0.753. The first-order valence-corrected chi connectivity index (χ1v) is 9.46. The molecule has 2 heterocycles.